The van der Waals surface area contributed by atoms with Gasteiger partial charge in [0, 0.05) is 6.54 Å². The van der Waals surface area contributed by atoms with Gasteiger partial charge in [0.15, 0.2) is 0 Å². The molecule has 0 unspecified atom stereocenters. The monoisotopic (exact) mass is 129 g/mol. The predicted molar refractivity (Wildman–Crippen MR) is 39.7 cm³/mol. The molecule has 0 spiro atoms. The van der Waals surface area contributed by atoms with E-state index in [1.807, 2.05) is 0 Å². The highest BCUT2D eigenvalue weighted by Crippen LogP contribution is 1.81. The van der Waals surface area contributed by atoms with Crippen molar-refractivity contribution in [2.24, 2.45) is 5.73 Å². The van der Waals surface area contributed by atoms with E-state index in [0.717, 1.165) is 19.4 Å². The molecule has 3 heteroatoms. The number of amidine groups is 1. The summed E-state index contributed by atoms with van der Waals surface area (Å²) in [7, 11) is 0. The van der Waals surface area contributed by atoms with E-state index >= 15 is 0 Å². The lowest BCUT2D eigenvalue weighted by Crippen LogP contribution is -2.30. The summed E-state index contributed by atoms with van der Waals surface area (Å²) in [4.78, 5) is 0. The zero-order chi connectivity index (χ0) is 7.11. The molecule has 0 aromatic rings. The first kappa shape index (κ1) is 8.43. The molecular formula is C6H15N3. The molecule has 54 valence electrons. The van der Waals surface area contributed by atoms with E-state index in [2.05, 4.69) is 12.2 Å². The fourth-order valence-corrected chi connectivity index (χ4v) is 0.488. The minimum absolute atomic E-state index is 0.323. The Morgan fingerprint density at radius 1 is 1.67 bits per heavy atom. The van der Waals surface area contributed by atoms with Gasteiger partial charge in [0.2, 0.25) is 0 Å². The van der Waals surface area contributed by atoms with Gasteiger partial charge in [-0.1, -0.05) is 13.3 Å². The predicted octanol–water partition coefficient (Wildman–Crippen LogP) is 0.312. The maximum absolute atomic E-state index is 7.08. The van der Waals surface area contributed by atoms with Crippen molar-refractivity contribution >= 4 is 5.84 Å². The average Bonchev–Trinajstić information content (AvgIpc) is 1.89. The average molecular weight is 129 g/mol. The number of nitrogens with one attached hydrogen (secondary N) is 2. The lowest BCUT2D eigenvalue weighted by atomic mass is 10.3. The lowest BCUT2D eigenvalue weighted by molar-refractivity contribution is 0.747. The molecule has 9 heavy (non-hydrogen) atoms. The molecule has 0 atom stereocenters. The minimum Gasteiger partial charge on any atom is -0.373 e. The van der Waals surface area contributed by atoms with E-state index in [4.69, 9.17) is 11.1 Å². The molecule has 0 aliphatic carbocycles. The highest BCUT2D eigenvalue weighted by atomic mass is 14.9. The van der Waals surface area contributed by atoms with Crippen LogP contribution in [0, 0.1) is 5.41 Å². The number of unbranched alkanes of at least 4 members (excludes halogenated alkanes) is 1. The fraction of sp³-hybridized carbons (Fsp3) is 0.833. The summed E-state index contributed by atoms with van der Waals surface area (Å²) in [5.74, 6) is 0.434. The molecule has 0 saturated heterocycles. The van der Waals surface area contributed by atoms with Crippen LogP contribution in [0.3, 0.4) is 0 Å². The SMILES string of the molecule is CCCCNC(=N)CN. The Kier molecular flexibility index (Phi) is 5.21. The van der Waals surface area contributed by atoms with E-state index in [0.29, 0.717) is 12.4 Å². The van der Waals surface area contributed by atoms with Crippen LogP contribution in [0.4, 0.5) is 0 Å². The molecule has 0 aliphatic heterocycles. The summed E-state index contributed by atoms with van der Waals surface area (Å²) in [5, 5.41) is 9.97. The minimum atomic E-state index is 0.323. The number of nitrogens with two attached hydrogens (primary N) is 1. The molecule has 0 fully saturated rings. The Morgan fingerprint density at radius 2 is 2.33 bits per heavy atom. The summed E-state index contributed by atoms with van der Waals surface area (Å²) in [6.45, 7) is 3.32. The van der Waals surface area contributed by atoms with E-state index in [9.17, 15) is 0 Å². The molecule has 0 radical (unpaired) electrons. The smallest absolute Gasteiger partial charge is 0.107 e. The second-order valence-electron chi connectivity index (χ2n) is 1.96. The van der Waals surface area contributed by atoms with Crippen LogP contribution in [-0.2, 0) is 0 Å². The maximum Gasteiger partial charge on any atom is 0.107 e. The molecule has 3 nitrogen and oxygen atoms in total. The van der Waals surface area contributed by atoms with E-state index < -0.39 is 0 Å². The summed E-state index contributed by atoms with van der Waals surface area (Å²) in [6.07, 6.45) is 2.27. The van der Waals surface area contributed by atoms with Crippen LogP contribution in [0.2, 0.25) is 0 Å². The van der Waals surface area contributed by atoms with Gasteiger partial charge in [0.05, 0.1) is 6.54 Å². The highest BCUT2D eigenvalue weighted by molar-refractivity contribution is 5.80. The molecule has 0 saturated carbocycles. The second-order valence-corrected chi connectivity index (χ2v) is 1.96. The number of hydrogen-bond donors (Lipinski definition) is 3. The van der Waals surface area contributed by atoms with Crippen LogP contribution in [0.15, 0.2) is 0 Å². The zero-order valence-electron chi connectivity index (χ0n) is 5.91. The van der Waals surface area contributed by atoms with Gasteiger partial charge in [0.25, 0.3) is 0 Å². The van der Waals surface area contributed by atoms with Gasteiger partial charge < -0.3 is 11.1 Å². The van der Waals surface area contributed by atoms with Crippen molar-refractivity contribution in [3.8, 4) is 0 Å². The highest BCUT2D eigenvalue weighted by Gasteiger charge is 1.87. The van der Waals surface area contributed by atoms with Crippen LogP contribution in [0.5, 0.6) is 0 Å². The molecule has 0 aromatic heterocycles. The van der Waals surface area contributed by atoms with E-state index in [1.54, 1.807) is 0 Å². The van der Waals surface area contributed by atoms with Gasteiger partial charge in [-0.25, -0.2) is 0 Å². The third-order valence-electron chi connectivity index (χ3n) is 1.07. The van der Waals surface area contributed by atoms with Crippen molar-refractivity contribution in [1.82, 2.24) is 5.32 Å². The number of hydrogen-bond acceptors (Lipinski definition) is 2. The summed E-state index contributed by atoms with van der Waals surface area (Å²) >= 11 is 0. The molecule has 0 aromatic carbocycles. The first-order chi connectivity index (χ1) is 4.31. The van der Waals surface area contributed by atoms with Gasteiger partial charge >= 0.3 is 0 Å². The lowest BCUT2D eigenvalue weighted by Gasteiger charge is -2.02. The summed E-state index contributed by atoms with van der Waals surface area (Å²) < 4.78 is 0. The van der Waals surface area contributed by atoms with Crippen LogP contribution < -0.4 is 11.1 Å². The Bertz CT molecular complexity index is 80.4. The van der Waals surface area contributed by atoms with Crippen molar-refractivity contribution in [2.75, 3.05) is 13.1 Å². The third kappa shape index (κ3) is 5.30. The topological polar surface area (TPSA) is 61.9 Å². The van der Waals surface area contributed by atoms with Gasteiger partial charge in [-0.05, 0) is 6.42 Å². The molecule has 0 rings (SSSR count). The third-order valence-corrected chi connectivity index (χ3v) is 1.07. The van der Waals surface area contributed by atoms with Gasteiger partial charge in [-0.15, -0.1) is 0 Å². The number of rotatable bonds is 4. The molecule has 0 amide bonds. The largest absolute Gasteiger partial charge is 0.373 e. The van der Waals surface area contributed by atoms with Gasteiger partial charge in [-0.2, -0.15) is 0 Å². The Balaban J connectivity index is 2.97. The zero-order valence-corrected chi connectivity index (χ0v) is 5.91. The maximum atomic E-state index is 7.08. The molecule has 0 heterocycles. The van der Waals surface area contributed by atoms with Crippen molar-refractivity contribution in [2.45, 2.75) is 19.8 Å². The van der Waals surface area contributed by atoms with Crippen LogP contribution in [0.25, 0.3) is 0 Å². The first-order valence-electron chi connectivity index (χ1n) is 3.32. The van der Waals surface area contributed by atoms with Crippen LogP contribution in [0.1, 0.15) is 19.8 Å². The van der Waals surface area contributed by atoms with Crippen LogP contribution >= 0.6 is 0 Å². The van der Waals surface area contributed by atoms with E-state index in [1.165, 1.54) is 0 Å². The van der Waals surface area contributed by atoms with Crippen molar-refractivity contribution in [1.29, 1.82) is 5.41 Å². The van der Waals surface area contributed by atoms with Gasteiger partial charge in [-0.3, -0.25) is 5.41 Å². The molecule has 0 aliphatic rings. The Morgan fingerprint density at radius 3 is 2.78 bits per heavy atom. The fourth-order valence-electron chi connectivity index (χ4n) is 0.488. The second kappa shape index (κ2) is 5.56. The van der Waals surface area contributed by atoms with Gasteiger partial charge in [0.1, 0.15) is 5.84 Å². The normalized spacial score (nSPS) is 9.11. The first-order valence-corrected chi connectivity index (χ1v) is 3.32. The van der Waals surface area contributed by atoms with E-state index in [-0.39, 0.29) is 0 Å². The Labute approximate surface area is 56.1 Å². The van der Waals surface area contributed by atoms with Crippen molar-refractivity contribution < 1.29 is 0 Å². The Hall–Kier alpha value is -0.570. The molecule has 4 N–H and O–H groups in total. The van der Waals surface area contributed by atoms with Crippen molar-refractivity contribution in [3.05, 3.63) is 0 Å². The quantitative estimate of drug-likeness (QED) is 0.290. The summed E-state index contributed by atoms with van der Waals surface area (Å²) in [6, 6.07) is 0. The van der Waals surface area contributed by atoms with Crippen molar-refractivity contribution in [3.63, 3.8) is 0 Å². The standard InChI is InChI=1S/C6H15N3/c1-2-3-4-9-6(8)5-7/h2-5,7H2,1H3,(H2,8,9). The van der Waals surface area contributed by atoms with Crippen LogP contribution in [-0.4, -0.2) is 18.9 Å². The molecule has 0 bridgehead atoms. The summed E-state index contributed by atoms with van der Waals surface area (Å²) in [5.41, 5.74) is 5.17. The molecular weight excluding hydrogens is 114 g/mol.